The summed E-state index contributed by atoms with van der Waals surface area (Å²) in [5.41, 5.74) is 8.08. The summed E-state index contributed by atoms with van der Waals surface area (Å²) in [5.74, 6) is -1.71. The van der Waals surface area contributed by atoms with E-state index in [1.54, 1.807) is 30.8 Å². The number of benzene rings is 1. The van der Waals surface area contributed by atoms with E-state index in [-0.39, 0.29) is 0 Å². The number of likely N-dealkylation sites (N-methyl/N-ethyl adjacent to an activating group) is 1. The quantitative estimate of drug-likeness (QED) is 0.517. The number of rotatable bonds is 5. The lowest BCUT2D eigenvalue weighted by atomic mass is 10.0. The van der Waals surface area contributed by atoms with Gasteiger partial charge in [0.2, 0.25) is 5.91 Å². The number of aryl methyl sites for hydroxylation is 2. The highest BCUT2D eigenvalue weighted by molar-refractivity contribution is 7.13. The summed E-state index contributed by atoms with van der Waals surface area (Å²) in [6.07, 6.45) is 0. The molecule has 1 unspecified atom stereocenters. The zero-order valence-electron chi connectivity index (χ0n) is 17.2. The van der Waals surface area contributed by atoms with E-state index < -0.39 is 23.7 Å². The van der Waals surface area contributed by atoms with Crippen molar-refractivity contribution in [1.82, 2.24) is 19.7 Å². The minimum atomic E-state index is -1.13. The number of amides is 2. The number of halogens is 1. The van der Waals surface area contributed by atoms with Crippen molar-refractivity contribution in [3.05, 3.63) is 70.5 Å². The molecule has 9 heteroatoms. The average molecular weight is 438 g/mol. The summed E-state index contributed by atoms with van der Waals surface area (Å²) >= 11 is 1.50. The molecular formula is C22H20FN5O2S. The second kappa shape index (κ2) is 7.92. The Labute approximate surface area is 181 Å². The Balaban J connectivity index is 1.87. The number of nitrogens with two attached hydrogens (primary N) is 1. The molecule has 4 rings (SSSR count). The van der Waals surface area contributed by atoms with Crippen molar-refractivity contribution in [2.75, 3.05) is 7.05 Å². The van der Waals surface area contributed by atoms with Crippen molar-refractivity contribution in [2.24, 2.45) is 12.8 Å². The minimum absolute atomic E-state index is 0.301. The van der Waals surface area contributed by atoms with E-state index >= 15 is 0 Å². The molecule has 1 atom stereocenters. The summed E-state index contributed by atoms with van der Waals surface area (Å²) < 4.78 is 15.4. The van der Waals surface area contributed by atoms with Crippen LogP contribution in [0.4, 0.5) is 4.39 Å². The third kappa shape index (κ3) is 3.68. The van der Waals surface area contributed by atoms with Crippen LogP contribution in [0.15, 0.2) is 47.8 Å². The van der Waals surface area contributed by atoms with Crippen molar-refractivity contribution in [1.29, 1.82) is 0 Å². The third-order valence-electron chi connectivity index (χ3n) is 5.11. The summed E-state index contributed by atoms with van der Waals surface area (Å²) in [4.78, 5) is 32.7. The van der Waals surface area contributed by atoms with Crippen molar-refractivity contribution < 1.29 is 14.0 Å². The Morgan fingerprint density at radius 2 is 2.00 bits per heavy atom. The molecule has 0 aliphatic heterocycles. The van der Waals surface area contributed by atoms with Crippen LogP contribution in [-0.4, -0.2) is 38.5 Å². The third-order valence-corrected chi connectivity index (χ3v) is 6.01. The number of nitrogens with zero attached hydrogens (tertiary/aromatic N) is 4. The van der Waals surface area contributed by atoms with E-state index in [0.29, 0.717) is 33.5 Å². The van der Waals surface area contributed by atoms with Gasteiger partial charge in [0.25, 0.3) is 5.91 Å². The van der Waals surface area contributed by atoms with Crippen LogP contribution in [-0.2, 0) is 11.8 Å². The Hall–Kier alpha value is -3.59. The highest BCUT2D eigenvalue weighted by Crippen LogP contribution is 2.31. The lowest BCUT2D eigenvalue weighted by molar-refractivity contribution is -0.122. The molecule has 0 radical (unpaired) electrons. The molecule has 1 aromatic carbocycles. The first-order valence-corrected chi connectivity index (χ1v) is 10.4. The number of carbonyl (C=O) groups is 2. The number of primary amides is 1. The van der Waals surface area contributed by atoms with Crippen LogP contribution >= 0.6 is 11.3 Å². The van der Waals surface area contributed by atoms with Gasteiger partial charge in [0.05, 0.1) is 27.2 Å². The number of hydrogen-bond donors (Lipinski definition) is 1. The Morgan fingerprint density at radius 1 is 1.23 bits per heavy atom. The van der Waals surface area contributed by atoms with Crippen LogP contribution in [0.5, 0.6) is 0 Å². The molecule has 0 aliphatic carbocycles. The summed E-state index contributed by atoms with van der Waals surface area (Å²) in [5, 5.41) is 6.94. The Kier molecular flexibility index (Phi) is 5.28. The fraction of sp³-hybridized carbons (Fsp3) is 0.182. The van der Waals surface area contributed by atoms with Crippen LogP contribution < -0.4 is 5.73 Å². The van der Waals surface area contributed by atoms with Gasteiger partial charge in [0, 0.05) is 14.1 Å². The van der Waals surface area contributed by atoms with E-state index in [9.17, 15) is 14.0 Å². The second-order valence-corrected chi connectivity index (χ2v) is 8.16. The van der Waals surface area contributed by atoms with Crippen molar-refractivity contribution in [3.8, 4) is 10.6 Å². The molecule has 2 N–H and O–H groups in total. The van der Waals surface area contributed by atoms with Crippen LogP contribution in [0.1, 0.15) is 27.7 Å². The minimum Gasteiger partial charge on any atom is -0.368 e. The largest absolute Gasteiger partial charge is 0.368 e. The first-order valence-electron chi connectivity index (χ1n) is 9.48. The van der Waals surface area contributed by atoms with E-state index in [4.69, 9.17) is 5.73 Å². The number of carbonyl (C=O) groups excluding carboxylic acids is 2. The molecule has 0 spiro atoms. The average Bonchev–Trinajstić information content (AvgIpc) is 3.35. The molecule has 4 aromatic rings. The van der Waals surface area contributed by atoms with Gasteiger partial charge in [-0.15, -0.1) is 11.3 Å². The van der Waals surface area contributed by atoms with Gasteiger partial charge in [0.1, 0.15) is 11.9 Å². The second-order valence-electron chi connectivity index (χ2n) is 7.22. The number of thiophene rings is 1. The summed E-state index contributed by atoms with van der Waals surface area (Å²) in [7, 11) is 3.24. The van der Waals surface area contributed by atoms with E-state index in [2.05, 4.69) is 10.1 Å². The van der Waals surface area contributed by atoms with Crippen LogP contribution in [0.2, 0.25) is 0 Å². The molecule has 158 valence electrons. The molecule has 0 bridgehead atoms. The smallest absolute Gasteiger partial charge is 0.255 e. The first kappa shape index (κ1) is 20.7. The van der Waals surface area contributed by atoms with Crippen LogP contribution in [0.3, 0.4) is 0 Å². The van der Waals surface area contributed by atoms with Gasteiger partial charge >= 0.3 is 0 Å². The van der Waals surface area contributed by atoms with Gasteiger partial charge in [-0.1, -0.05) is 18.2 Å². The van der Waals surface area contributed by atoms with Gasteiger partial charge in [0.15, 0.2) is 5.65 Å². The fourth-order valence-electron chi connectivity index (χ4n) is 3.73. The predicted molar refractivity (Wildman–Crippen MR) is 117 cm³/mol. The van der Waals surface area contributed by atoms with Gasteiger partial charge in [-0.2, -0.15) is 5.10 Å². The molecule has 31 heavy (non-hydrogen) atoms. The molecule has 2 amide bonds. The van der Waals surface area contributed by atoms with E-state index in [1.807, 2.05) is 17.5 Å². The maximum absolute atomic E-state index is 13.8. The van der Waals surface area contributed by atoms with Gasteiger partial charge in [-0.05, 0) is 42.1 Å². The monoisotopic (exact) mass is 437 g/mol. The Morgan fingerprint density at radius 3 is 2.65 bits per heavy atom. The number of fused-ring (bicyclic) bond motifs is 1. The molecule has 0 saturated heterocycles. The van der Waals surface area contributed by atoms with Crippen molar-refractivity contribution in [3.63, 3.8) is 0 Å². The standard InChI is InChI=1S/C22H20FN5O2S/c1-12-18-15(11-16(17-8-5-9-31-17)25-21(18)28(3)26-12)22(30)27(2)19(20(24)29)13-6-4-7-14(23)10-13/h4-11,19H,1-3H3,(H2,24,29). The summed E-state index contributed by atoms with van der Waals surface area (Å²) in [6.45, 7) is 1.80. The maximum Gasteiger partial charge on any atom is 0.255 e. The number of hydrogen-bond acceptors (Lipinski definition) is 5. The predicted octanol–water partition coefficient (Wildman–Crippen LogP) is 3.44. The first-order chi connectivity index (χ1) is 14.8. The molecule has 7 nitrogen and oxygen atoms in total. The van der Waals surface area contributed by atoms with Crippen LogP contribution in [0.25, 0.3) is 21.6 Å². The van der Waals surface area contributed by atoms with E-state index in [1.165, 1.54) is 41.5 Å². The van der Waals surface area contributed by atoms with E-state index in [0.717, 1.165) is 4.88 Å². The topological polar surface area (TPSA) is 94.1 Å². The Bertz CT molecular complexity index is 1300. The zero-order valence-corrected chi connectivity index (χ0v) is 18.0. The highest BCUT2D eigenvalue weighted by atomic mass is 32.1. The number of aromatic nitrogens is 3. The van der Waals surface area contributed by atoms with Crippen molar-refractivity contribution >= 4 is 34.2 Å². The molecule has 0 aliphatic rings. The SMILES string of the molecule is Cc1nn(C)c2nc(-c3cccs3)cc(C(=O)N(C)C(C(N)=O)c3cccc(F)c3)c12. The maximum atomic E-state index is 13.8. The highest BCUT2D eigenvalue weighted by Gasteiger charge is 2.30. The molecule has 0 saturated carbocycles. The molecule has 0 fully saturated rings. The zero-order chi connectivity index (χ0) is 22.3. The fourth-order valence-corrected chi connectivity index (χ4v) is 4.41. The molecular weight excluding hydrogens is 417 g/mol. The summed E-state index contributed by atoms with van der Waals surface area (Å²) in [6, 6.07) is 9.90. The number of pyridine rings is 1. The van der Waals surface area contributed by atoms with Gasteiger partial charge < -0.3 is 10.6 Å². The van der Waals surface area contributed by atoms with Crippen molar-refractivity contribution in [2.45, 2.75) is 13.0 Å². The van der Waals surface area contributed by atoms with Gasteiger partial charge in [-0.25, -0.2) is 9.37 Å². The normalized spacial score (nSPS) is 12.1. The molecule has 3 heterocycles. The lowest BCUT2D eigenvalue weighted by Gasteiger charge is -2.26. The van der Waals surface area contributed by atoms with Gasteiger partial charge in [-0.3, -0.25) is 14.3 Å². The lowest BCUT2D eigenvalue weighted by Crippen LogP contribution is -2.39. The van der Waals surface area contributed by atoms with Crippen LogP contribution in [0, 0.1) is 12.7 Å². The molecule has 3 aromatic heterocycles.